The molecule has 0 aliphatic heterocycles. The Bertz CT molecular complexity index is 913. The van der Waals surface area contributed by atoms with E-state index in [0.717, 1.165) is 27.7 Å². The molecule has 10 heteroatoms. The van der Waals surface area contributed by atoms with Crippen molar-refractivity contribution in [2.45, 2.75) is 32.9 Å². The first-order valence-electron chi connectivity index (χ1n) is 7.93. The summed E-state index contributed by atoms with van der Waals surface area (Å²) < 4.78 is 46.2. The van der Waals surface area contributed by atoms with Crippen LogP contribution in [-0.2, 0) is 11.3 Å². The predicted octanol–water partition coefficient (Wildman–Crippen LogP) is 2.69. The highest BCUT2D eigenvalue weighted by Gasteiger charge is 2.16. The van der Waals surface area contributed by atoms with Crippen LogP contribution in [0.4, 0.5) is 18.0 Å². The Labute approximate surface area is 153 Å². The second kappa shape index (κ2) is 8.11. The van der Waals surface area contributed by atoms with Gasteiger partial charge in [-0.05, 0) is 32.9 Å². The summed E-state index contributed by atoms with van der Waals surface area (Å²) in [7, 11) is 0. The van der Waals surface area contributed by atoms with Gasteiger partial charge < -0.3 is 10.1 Å². The molecule has 0 atom stereocenters. The molecule has 0 aliphatic rings. The van der Waals surface area contributed by atoms with Gasteiger partial charge in [0.25, 0.3) is 0 Å². The van der Waals surface area contributed by atoms with Crippen molar-refractivity contribution in [3.05, 3.63) is 58.5 Å². The number of benzene rings is 1. The van der Waals surface area contributed by atoms with Crippen molar-refractivity contribution in [2.24, 2.45) is 0 Å². The molecule has 1 amide bonds. The molecule has 1 aromatic carbocycles. The van der Waals surface area contributed by atoms with Gasteiger partial charge in [-0.25, -0.2) is 32.0 Å². The Morgan fingerprint density at radius 2 is 2.00 bits per heavy atom. The van der Waals surface area contributed by atoms with Crippen LogP contribution in [0.5, 0.6) is 0 Å². The van der Waals surface area contributed by atoms with E-state index >= 15 is 0 Å². The topological polar surface area (TPSA) is 78.2 Å². The van der Waals surface area contributed by atoms with Crippen molar-refractivity contribution in [2.75, 3.05) is 6.61 Å². The third-order valence-electron chi connectivity index (χ3n) is 3.29. The number of hydrogen-bond acceptors (Lipinski definition) is 4. The predicted molar refractivity (Wildman–Crippen MR) is 91.2 cm³/mol. The number of rotatable bonds is 5. The Kier molecular flexibility index (Phi) is 6.09. The molecule has 1 N–H and O–H groups in total. The largest absolute Gasteiger partial charge is 0.445 e. The molecular formula is C17H19F3N4O3. The number of hydrogen-bond donors (Lipinski definition) is 1. The summed E-state index contributed by atoms with van der Waals surface area (Å²) in [5, 5.41) is 6.35. The molecule has 0 bridgehead atoms. The quantitative estimate of drug-likeness (QED) is 0.860. The Morgan fingerprint density at radius 3 is 2.59 bits per heavy atom. The molecule has 0 spiro atoms. The number of ether oxygens (including phenoxy) is 1. The Morgan fingerprint density at radius 1 is 1.30 bits per heavy atom. The van der Waals surface area contributed by atoms with Crippen LogP contribution in [0.3, 0.4) is 0 Å². The van der Waals surface area contributed by atoms with Crippen molar-refractivity contribution in [3.8, 4) is 5.69 Å². The van der Waals surface area contributed by atoms with Crippen LogP contribution in [0.2, 0.25) is 0 Å². The van der Waals surface area contributed by atoms with Gasteiger partial charge in [-0.3, -0.25) is 0 Å². The lowest BCUT2D eigenvalue weighted by molar-refractivity contribution is 0.145. The number of alkyl carbamates (subject to hydrolysis) is 1. The fourth-order valence-corrected chi connectivity index (χ4v) is 2.06. The van der Waals surface area contributed by atoms with E-state index in [2.05, 4.69) is 10.4 Å². The standard InChI is InChI=1S/C17H19F3N4O3/c1-17(2,3)22-15(25)27-9-11(7-18)8-24-16(26)23(10-21-24)12-4-5-13(19)14(20)6-12/h4-7,10H,8-9H2,1-3H3,(H,22,25)/b11-7+. The van der Waals surface area contributed by atoms with Crippen LogP contribution in [0.1, 0.15) is 20.8 Å². The first-order chi connectivity index (χ1) is 12.6. The van der Waals surface area contributed by atoms with Crippen LogP contribution in [0.15, 0.2) is 41.2 Å². The molecule has 0 saturated heterocycles. The molecule has 1 aromatic heterocycles. The van der Waals surface area contributed by atoms with E-state index in [9.17, 15) is 22.8 Å². The highest BCUT2D eigenvalue weighted by atomic mass is 19.2. The molecule has 2 rings (SSSR count). The zero-order valence-electron chi connectivity index (χ0n) is 15.0. The van der Waals surface area contributed by atoms with E-state index in [-0.39, 0.29) is 30.7 Å². The molecule has 7 nitrogen and oxygen atoms in total. The maximum absolute atomic E-state index is 13.3. The van der Waals surface area contributed by atoms with Gasteiger partial charge >= 0.3 is 11.8 Å². The van der Waals surface area contributed by atoms with Gasteiger partial charge in [0.2, 0.25) is 0 Å². The molecule has 0 unspecified atom stereocenters. The summed E-state index contributed by atoms with van der Waals surface area (Å²) in [4.78, 5) is 23.9. The second-order valence-electron chi connectivity index (χ2n) is 6.76. The van der Waals surface area contributed by atoms with E-state index < -0.39 is 29.0 Å². The van der Waals surface area contributed by atoms with Crippen LogP contribution in [0, 0.1) is 11.6 Å². The van der Waals surface area contributed by atoms with Gasteiger partial charge in [0.1, 0.15) is 12.9 Å². The van der Waals surface area contributed by atoms with E-state index in [1.54, 1.807) is 20.8 Å². The fourth-order valence-electron chi connectivity index (χ4n) is 2.06. The van der Waals surface area contributed by atoms with Gasteiger partial charge in [-0.2, -0.15) is 5.10 Å². The summed E-state index contributed by atoms with van der Waals surface area (Å²) in [6, 6.07) is 2.93. The summed E-state index contributed by atoms with van der Waals surface area (Å²) >= 11 is 0. The zero-order chi connectivity index (χ0) is 20.2. The number of carbonyl (C=O) groups is 1. The molecule has 146 valence electrons. The highest BCUT2D eigenvalue weighted by molar-refractivity contribution is 5.68. The second-order valence-corrected chi connectivity index (χ2v) is 6.76. The van der Waals surface area contributed by atoms with Gasteiger partial charge in [-0.15, -0.1) is 0 Å². The fraction of sp³-hybridized carbons (Fsp3) is 0.353. The first kappa shape index (κ1) is 20.3. The maximum atomic E-state index is 13.3. The van der Waals surface area contributed by atoms with Gasteiger partial charge in [0.15, 0.2) is 11.6 Å². The number of amides is 1. The van der Waals surface area contributed by atoms with E-state index in [1.165, 1.54) is 6.07 Å². The summed E-state index contributed by atoms with van der Waals surface area (Å²) in [6.07, 6.45) is 0.576. The Balaban J connectivity index is 2.08. The van der Waals surface area contributed by atoms with Gasteiger partial charge in [-0.1, -0.05) is 0 Å². The first-order valence-corrected chi connectivity index (χ1v) is 7.93. The zero-order valence-corrected chi connectivity index (χ0v) is 15.0. The van der Waals surface area contributed by atoms with Crippen LogP contribution >= 0.6 is 0 Å². The minimum atomic E-state index is -1.12. The SMILES string of the molecule is CC(C)(C)NC(=O)OC/C(=C/F)Cn1ncn(-c2ccc(F)c(F)c2)c1=O. The lowest BCUT2D eigenvalue weighted by atomic mass is 10.1. The van der Waals surface area contributed by atoms with Gasteiger partial charge in [0, 0.05) is 17.2 Å². The van der Waals surface area contributed by atoms with E-state index in [1.807, 2.05) is 0 Å². The number of carbonyl (C=O) groups excluding carboxylic acids is 1. The lowest BCUT2D eigenvalue weighted by Gasteiger charge is -2.20. The molecule has 27 heavy (non-hydrogen) atoms. The van der Waals surface area contributed by atoms with E-state index in [4.69, 9.17) is 4.74 Å². The lowest BCUT2D eigenvalue weighted by Crippen LogP contribution is -2.41. The van der Waals surface area contributed by atoms with Crippen molar-refractivity contribution in [1.82, 2.24) is 19.7 Å². The van der Waals surface area contributed by atoms with Crippen molar-refractivity contribution < 1.29 is 22.7 Å². The normalized spacial score (nSPS) is 12.1. The smallest absolute Gasteiger partial charge is 0.407 e. The maximum Gasteiger partial charge on any atom is 0.407 e. The monoisotopic (exact) mass is 384 g/mol. The average Bonchev–Trinajstić information content (AvgIpc) is 2.93. The molecule has 2 aromatic rings. The highest BCUT2D eigenvalue weighted by Crippen LogP contribution is 2.11. The van der Waals surface area contributed by atoms with Crippen molar-refractivity contribution >= 4 is 6.09 Å². The average molecular weight is 384 g/mol. The van der Waals surface area contributed by atoms with Gasteiger partial charge in [0.05, 0.1) is 18.6 Å². The molecular weight excluding hydrogens is 365 g/mol. The van der Waals surface area contributed by atoms with Crippen molar-refractivity contribution in [3.63, 3.8) is 0 Å². The molecule has 0 radical (unpaired) electrons. The van der Waals surface area contributed by atoms with Crippen LogP contribution in [0.25, 0.3) is 5.69 Å². The molecule has 0 fully saturated rings. The number of aromatic nitrogens is 3. The van der Waals surface area contributed by atoms with Crippen LogP contribution in [-0.4, -0.2) is 32.6 Å². The molecule has 0 saturated carbocycles. The van der Waals surface area contributed by atoms with Crippen LogP contribution < -0.4 is 11.0 Å². The van der Waals surface area contributed by atoms with E-state index in [0.29, 0.717) is 0 Å². The minimum absolute atomic E-state index is 0.0169. The third kappa shape index (κ3) is 5.47. The molecule has 0 aliphatic carbocycles. The third-order valence-corrected chi connectivity index (χ3v) is 3.29. The minimum Gasteiger partial charge on any atom is -0.445 e. The summed E-state index contributed by atoms with van der Waals surface area (Å²) in [6.45, 7) is 4.59. The summed E-state index contributed by atoms with van der Waals surface area (Å²) in [5.74, 6) is -2.16. The number of nitrogens with one attached hydrogen (secondary N) is 1. The number of nitrogens with zero attached hydrogens (tertiary/aromatic N) is 3. The Hall–Kier alpha value is -3.04. The number of halogens is 3. The summed E-state index contributed by atoms with van der Waals surface area (Å²) in [5.41, 5.74) is -1.16. The molecule has 1 heterocycles. The van der Waals surface area contributed by atoms with Crippen molar-refractivity contribution in [1.29, 1.82) is 0 Å².